The molecule has 0 radical (unpaired) electrons. The monoisotopic (exact) mass is 305 g/mol. The number of nitrogens with one attached hydrogen (secondary N) is 1. The van der Waals surface area contributed by atoms with Gasteiger partial charge in [0.15, 0.2) is 10.8 Å². The number of nitro groups is 1. The summed E-state index contributed by atoms with van der Waals surface area (Å²) < 4.78 is 30.1. The Morgan fingerprint density at radius 3 is 2.84 bits per heavy atom. The molecule has 19 heavy (non-hydrogen) atoms. The average Bonchev–Trinajstić information content (AvgIpc) is 2.95. The molecule has 0 atom stereocenters. The number of anilines is 1. The van der Waals surface area contributed by atoms with E-state index < -0.39 is 20.6 Å². The van der Waals surface area contributed by atoms with E-state index in [1.807, 2.05) is 0 Å². The molecule has 0 aliphatic rings. The van der Waals surface area contributed by atoms with Gasteiger partial charge >= 0.3 is 5.69 Å². The lowest BCUT2D eigenvalue weighted by Crippen LogP contribution is -2.22. The summed E-state index contributed by atoms with van der Waals surface area (Å²) in [6.45, 7) is -0.190. The van der Waals surface area contributed by atoms with Gasteiger partial charge in [0.25, 0.3) is 10.0 Å². The molecule has 0 unspecified atom stereocenters. The highest BCUT2D eigenvalue weighted by molar-refractivity contribution is 7.91. The number of hydrogen-bond donors (Lipinski definition) is 2. The van der Waals surface area contributed by atoms with Gasteiger partial charge in [0.1, 0.15) is 4.21 Å². The van der Waals surface area contributed by atoms with Gasteiger partial charge in [-0.2, -0.15) is 4.98 Å². The fourth-order valence-electron chi connectivity index (χ4n) is 1.15. The Balaban J connectivity index is 2.20. The molecule has 0 saturated heterocycles. The fraction of sp³-hybridized carbons (Fsp3) is 0.143. The van der Waals surface area contributed by atoms with E-state index in [4.69, 9.17) is 5.73 Å². The maximum atomic E-state index is 11.9. The Kier molecular flexibility index (Phi) is 3.46. The van der Waals surface area contributed by atoms with E-state index in [0.29, 0.717) is 11.3 Å². The molecule has 102 valence electrons. The van der Waals surface area contributed by atoms with Crippen molar-refractivity contribution >= 4 is 32.0 Å². The molecule has 2 aromatic rings. The second-order valence-corrected chi connectivity index (χ2v) is 6.32. The van der Waals surface area contributed by atoms with Crippen LogP contribution in [-0.4, -0.2) is 23.5 Å². The third-order valence-electron chi connectivity index (χ3n) is 2.01. The molecule has 2 aromatic heterocycles. The number of rotatable bonds is 5. The van der Waals surface area contributed by atoms with E-state index in [0.717, 1.165) is 12.5 Å². The maximum absolute atomic E-state index is 11.9. The lowest BCUT2D eigenvalue weighted by Gasteiger charge is -2.00. The number of nitrogens with zero attached hydrogens (tertiary/aromatic N) is 3. The van der Waals surface area contributed by atoms with Gasteiger partial charge in [0.2, 0.25) is 6.39 Å². The summed E-state index contributed by atoms with van der Waals surface area (Å²) in [5.74, 6) is 0.141. The predicted molar refractivity (Wildman–Crippen MR) is 63.7 cm³/mol. The van der Waals surface area contributed by atoms with Crippen LogP contribution >= 0.6 is 11.3 Å². The van der Waals surface area contributed by atoms with E-state index in [-0.39, 0.29) is 21.6 Å². The minimum Gasteiger partial charge on any atom is -0.385 e. The Morgan fingerprint density at radius 2 is 2.32 bits per heavy atom. The Morgan fingerprint density at radius 1 is 1.58 bits per heavy atom. The molecule has 12 heteroatoms. The Hall–Kier alpha value is -2.05. The summed E-state index contributed by atoms with van der Waals surface area (Å²) >= 11 is 0.608. The Bertz CT molecular complexity index is 692. The van der Waals surface area contributed by atoms with Gasteiger partial charge in [-0.3, -0.25) is 10.1 Å². The van der Waals surface area contributed by atoms with Crippen molar-refractivity contribution in [1.29, 1.82) is 0 Å². The van der Waals surface area contributed by atoms with Crippen molar-refractivity contribution in [2.24, 2.45) is 0 Å². The lowest BCUT2D eigenvalue weighted by molar-refractivity contribution is -0.383. The number of thiophene rings is 1. The van der Waals surface area contributed by atoms with Crippen LogP contribution in [0.1, 0.15) is 5.82 Å². The van der Waals surface area contributed by atoms with Crippen molar-refractivity contribution < 1.29 is 17.9 Å². The summed E-state index contributed by atoms with van der Waals surface area (Å²) in [6, 6.07) is 0.901. The van der Waals surface area contributed by atoms with E-state index in [9.17, 15) is 18.5 Å². The molecular formula is C7H7N5O5S2. The number of nitrogens with two attached hydrogens (primary N) is 1. The molecule has 0 aliphatic carbocycles. The van der Waals surface area contributed by atoms with Crippen LogP contribution in [0, 0.1) is 10.1 Å². The number of sulfonamides is 1. The minimum absolute atomic E-state index is 0.141. The minimum atomic E-state index is -3.91. The standard InChI is InChI=1S/C7H7N5O5S2/c8-7-4(12(13)14)1-6(18-7)19(15,16)10-2-5-9-3-17-11-5/h1,3,10H,2,8H2. The molecule has 2 heterocycles. The van der Waals surface area contributed by atoms with Gasteiger partial charge in [-0.15, -0.1) is 0 Å². The summed E-state index contributed by atoms with van der Waals surface area (Å²) in [5, 5.41) is 13.8. The second kappa shape index (κ2) is 4.91. The van der Waals surface area contributed by atoms with Crippen molar-refractivity contribution in [1.82, 2.24) is 14.9 Å². The zero-order valence-electron chi connectivity index (χ0n) is 9.14. The largest absolute Gasteiger partial charge is 0.385 e. The number of aromatic nitrogens is 2. The van der Waals surface area contributed by atoms with Crippen molar-refractivity contribution in [2.45, 2.75) is 10.8 Å². The van der Waals surface area contributed by atoms with Crippen LogP contribution < -0.4 is 10.5 Å². The van der Waals surface area contributed by atoms with Gasteiger partial charge < -0.3 is 10.3 Å². The third kappa shape index (κ3) is 2.86. The van der Waals surface area contributed by atoms with Crippen LogP contribution in [0.5, 0.6) is 0 Å². The van der Waals surface area contributed by atoms with Crippen LogP contribution in [0.15, 0.2) is 21.2 Å². The van der Waals surface area contributed by atoms with Gasteiger partial charge in [-0.05, 0) is 0 Å². The first kappa shape index (κ1) is 13.4. The molecule has 0 bridgehead atoms. The van der Waals surface area contributed by atoms with Crippen LogP contribution in [0.3, 0.4) is 0 Å². The quantitative estimate of drug-likeness (QED) is 0.582. The molecule has 0 spiro atoms. The molecule has 2 rings (SSSR count). The summed E-state index contributed by atoms with van der Waals surface area (Å²) in [7, 11) is -3.91. The lowest BCUT2D eigenvalue weighted by atomic mass is 10.5. The Labute approximate surface area is 110 Å². The molecular weight excluding hydrogens is 298 g/mol. The van der Waals surface area contributed by atoms with Gasteiger partial charge in [0.05, 0.1) is 11.5 Å². The SMILES string of the molecule is Nc1sc(S(=O)(=O)NCc2ncon2)cc1[N+](=O)[O-]. The van der Waals surface area contributed by atoms with E-state index in [1.54, 1.807) is 0 Å². The number of nitrogen functional groups attached to an aromatic ring is 1. The highest BCUT2D eigenvalue weighted by atomic mass is 32.2. The zero-order valence-corrected chi connectivity index (χ0v) is 10.8. The normalized spacial score (nSPS) is 11.6. The zero-order chi connectivity index (χ0) is 14.0. The van der Waals surface area contributed by atoms with E-state index in [1.165, 1.54) is 0 Å². The molecule has 0 fully saturated rings. The fourth-order valence-corrected chi connectivity index (χ4v) is 3.39. The summed E-state index contributed by atoms with van der Waals surface area (Å²) in [6.07, 6.45) is 1.05. The van der Waals surface area contributed by atoms with E-state index >= 15 is 0 Å². The van der Waals surface area contributed by atoms with Crippen molar-refractivity contribution in [3.63, 3.8) is 0 Å². The highest BCUT2D eigenvalue weighted by Crippen LogP contribution is 2.34. The topological polar surface area (TPSA) is 154 Å². The smallest absolute Gasteiger partial charge is 0.304 e. The van der Waals surface area contributed by atoms with Crippen LogP contribution in [0.4, 0.5) is 10.7 Å². The second-order valence-electron chi connectivity index (χ2n) is 3.24. The first-order valence-electron chi connectivity index (χ1n) is 4.69. The van der Waals surface area contributed by atoms with Gasteiger partial charge in [-0.25, -0.2) is 13.1 Å². The highest BCUT2D eigenvalue weighted by Gasteiger charge is 2.24. The molecule has 0 saturated carbocycles. The third-order valence-corrected chi connectivity index (χ3v) is 4.83. The average molecular weight is 305 g/mol. The predicted octanol–water partition coefficient (Wildman–Crippen LogP) is 0.1000. The van der Waals surface area contributed by atoms with Crippen LogP contribution in [0.25, 0.3) is 0 Å². The summed E-state index contributed by atoms with van der Waals surface area (Å²) in [4.78, 5) is 13.5. The molecule has 3 N–H and O–H groups in total. The molecule has 0 aromatic carbocycles. The van der Waals surface area contributed by atoms with Gasteiger partial charge in [0, 0.05) is 6.07 Å². The van der Waals surface area contributed by atoms with Crippen molar-refractivity contribution in [3.8, 4) is 0 Å². The first-order chi connectivity index (χ1) is 8.90. The van der Waals surface area contributed by atoms with E-state index in [2.05, 4.69) is 19.4 Å². The van der Waals surface area contributed by atoms with Crippen molar-refractivity contribution in [2.75, 3.05) is 5.73 Å². The summed E-state index contributed by atoms with van der Waals surface area (Å²) in [5.41, 5.74) is 4.93. The maximum Gasteiger partial charge on any atom is 0.304 e. The van der Waals surface area contributed by atoms with Gasteiger partial charge in [-0.1, -0.05) is 16.5 Å². The molecule has 10 nitrogen and oxygen atoms in total. The molecule has 0 aliphatic heterocycles. The van der Waals surface area contributed by atoms with Crippen molar-refractivity contribution in [3.05, 3.63) is 28.4 Å². The van der Waals surface area contributed by atoms with Crippen LogP contribution in [-0.2, 0) is 16.6 Å². The first-order valence-corrected chi connectivity index (χ1v) is 6.99. The van der Waals surface area contributed by atoms with Crippen LogP contribution in [0.2, 0.25) is 0 Å². The molecule has 0 amide bonds. The number of hydrogen-bond acceptors (Lipinski definition) is 9.